The van der Waals surface area contributed by atoms with Crippen LogP contribution in [0.25, 0.3) is 0 Å². The number of rotatable bonds is 3. The molecule has 3 heterocycles. The maximum atomic E-state index is 12.6. The lowest BCUT2D eigenvalue weighted by molar-refractivity contribution is -0.121. The lowest BCUT2D eigenvalue weighted by Gasteiger charge is -2.46. The third-order valence-electron chi connectivity index (χ3n) is 5.74. The summed E-state index contributed by atoms with van der Waals surface area (Å²) in [5.41, 5.74) is 1.59. The number of nitrogens with zero attached hydrogens (tertiary/aromatic N) is 1. The summed E-state index contributed by atoms with van der Waals surface area (Å²) in [5.74, 6) is 1.19. The topological polar surface area (TPSA) is 58.6 Å². The van der Waals surface area contributed by atoms with Gasteiger partial charge in [-0.2, -0.15) is 11.3 Å². The van der Waals surface area contributed by atoms with Gasteiger partial charge in [0.2, 0.25) is 5.91 Å². The molecule has 2 aliphatic heterocycles. The molecule has 0 saturated carbocycles. The highest BCUT2D eigenvalue weighted by Gasteiger charge is 2.44. The standard InChI is InChI=1S/C21H24N2O3S/c1-22-19(24)12-16-13-21(26-18-5-3-2-4-17(16)18)7-9-23(10-8-21)20(25)15-6-11-27-14-15/h2-6,11,14,16H,7-10,12-13H2,1H3,(H,22,24)/t16-/m1/s1. The highest BCUT2D eigenvalue weighted by atomic mass is 32.1. The number of likely N-dealkylation sites (tertiary alicyclic amines) is 1. The number of carbonyl (C=O) groups is 2. The Kier molecular flexibility index (Phi) is 4.91. The van der Waals surface area contributed by atoms with Crippen LogP contribution in [0.1, 0.15) is 47.5 Å². The summed E-state index contributed by atoms with van der Waals surface area (Å²) in [4.78, 5) is 26.6. The summed E-state index contributed by atoms with van der Waals surface area (Å²) in [6.07, 6.45) is 2.87. The van der Waals surface area contributed by atoms with Gasteiger partial charge < -0.3 is 15.0 Å². The van der Waals surface area contributed by atoms with Crippen LogP contribution in [0.5, 0.6) is 5.75 Å². The van der Waals surface area contributed by atoms with E-state index in [1.54, 1.807) is 18.4 Å². The van der Waals surface area contributed by atoms with E-state index in [0.717, 1.165) is 36.1 Å². The van der Waals surface area contributed by atoms with Crippen molar-refractivity contribution in [1.82, 2.24) is 10.2 Å². The fraction of sp³-hybridized carbons (Fsp3) is 0.429. The second kappa shape index (κ2) is 7.35. The van der Waals surface area contributed by atoms with Crippen molar-refractivity contribution >= 4 is 23.2 Å². The molecule has 6 heteroatoms. The van der Waals surface area contributed by atoms with Gasteiger partial charge in [-0.15, -0.1) is 0 Å². The van der Waals surface area contributed by atoms with E-state index in [0.29, 0.717) is 19.5 Å². The van der Waals surface area contributed by atoms with Crippen molar-refractivity contribution < 1.29 is 14.3 Å². The van der Waals surface area contributed by atoms with Crippen LogP contribution in [0.15, 0.2) is 41.1 Å². The van der Waals surface area contributed by atoms with Crippen LogP contribution in [0.2, 0.25) is 0 Å². The second-order valence-corrected chi connectivity index (χ2v) is 8.19. The Morgan fingerprint density at radius 3 is 2.74 bits per heavy atom. The van der Waals surface area contributed by atoms with E-state index in [1.807, 2.05) is 39.9 Å². The van der Waals surface area contributed by atoms with Crippen molar-refractivity contribution in [3.63, 3.8) is 0 Å². The Morgan fingerprint density at radius 1 is 1.26 bits per heavy atom. The maximum absolute atomic E-state index is 12.6. The monoisotopic (exact) mass is 384 g/mol. The quantitative estimate of drug-likeness (QED) is 0.882. The van der Waals surface area contributed by atoms with Crippen molar-refractivity contribution in [3.8, 4) is 5.75 Å². The van der Waals surface area contributed by atoms with Crippen LogP contribution >= 0.6 is 11.3 Å². The minimum Gasteiger partial charge on any atom is -0.487 e. The molecule has 1 atom stereocenters. The average Bonchev–Trinajstić information content (AvgIpc) is 3.23. The van der Waals surface area contributed by atoms with Crippen LogP contribution in [-0.2, 0) is 4.79 Å². The van der Waals surface area contributed by atoms with E-state index in [-0.39, 0.29) is 23.3 Å². The van der Waals surface area contributed by atoms with Crippen molar-refractivity contribution in [2.75, 3.05) is 20.1 Å². The van der Waals surface area contributed by atoms with Gasteiger partial charge in [0.1, 0.15) is 11.4 Å². The van der Waals surface area contributed by atoms with Gasteiger partial charge in [-0.05, 0) is 29.5 Å². The van der Waals surface area contributed by atoms with Gasteiger partial charge >= 0.3 is 0 Å². The van der Waals surface area contributed by atoms with Gasteiger partial charge in [0.15, 0.2) is 0 Å². The van der Waals surface area contributed by atoms with Crippen molar-refractivity contribution in [1.29, 1.82) is 0 Å². The number of ether oxygens (including phenoxy) is 1. The maximum Gasteiger partial charge on any atom is 0.254 e. The van der Waals surface area contributed by atoms with Crippen molar-refractivity contribution in [2.45, 2.75) is 37.2 Å². The van der Waals surface area contributed by atoms with Crippen LogP contribution in [-0.4, -0.2) is 42.5 Å². The molecule has 5 nitrogen and oxygen atoms in total. The van der Waals surface area contributed by atoms with E-state index in [1.165, 1.54) is 0 Å². The van der Waals surface area contributed by atoms with E-state index in [9.17, 15) is 9.59 Å². The molecule has 2 aromatic rings. The Bertz CT molecular complexity index is 826. The predicted octanol–water partition coefficient (Wildman–Crippen LogP) is 3.43. The van der Waals surface area contributed by atoms with Gasteiger partial charge in [0, 0.05) is 50.7 Å². The number of benzene rings is 1. The molecule has 0 aliphatic carbocycles. The van der Waals surface area contributed by atoms with Gasteiger partial charge in [0.05, 0.1) is 5.56 Å². The first-order chi connectivity index (χ1) is 13.1. The molecule has 0 unspecified atom stereocenters. The fourth-order valence-electron chi connectivity index (χ4n) is 4.24. The zero-order valence-corrected chi connectivity index (χ0v) is 16.3. The number of thiophene rings is 1. The van der Waals surface area contributed by atoms with Gasteiger partial charge in [-0.1, -0.05) is 18.2 Å². The Balaban J connectivity index is 1.51. The number of piperidine rings is 1. The Hall–Kier alpha value is -2.34. The van der Waals surface area contributed by atoms with Crippen molar-refractivity contribution in [3.05, 3.63) is 52.2 Å². The van der Waals surface area contributed by atoms with Gasteiger partial charge in [0.25, 0.3) is 5.91 Å². The van der Waals surface area contributed by atoms with E-state index in [2.05, 4.69) is 11.4 Å². The molecule has 1 fully saturated rings. The summed E-state index contributed by atoms with van der Waals surface area (Å²) in [7, 11) is 1.68. The number of nitrogens with one attached hydrogen (secondary N) is 1. The molecule has 4 rings (SSSR count). The van der Waals surface area contributed by atoms with Crippen molar-refractivity contribution in [2.24, 2.45) is 0 Å². The van der Waals surface area contributed by atoms with Crippen LogP contribution < -0.4 is 10.1 Å². The summed E-state index contributed by atoms with van der Waals surface area (Å²) in [5, 5.41) is 6.58. The van der Waals surface area contributed by atoms with E-state index >= 15 is 0 Å². The lowest BCUT2D eigenvalue weighted by atomic mass is 9.76. The molecule has 142 valence electrons. The molecule has 1 aromatic heterocycles. The second-order valence-electron chi connectivity index (χ2n) is 7.41. The van der Waals surface area contributed by atoms with Gasteiger partial charge in [-0.25, -0.2) is 0 Å². The molecule has 2 amide bonds. The number of fused-ring (bicyclic) bond motifs is 1. The van der Waals surface area contributed by atoms with Crippen LogP contribution in [0.3, 0.4) is 0 Å². The lowest BCUT2D eigenvalue weighted by Crippen LogP contribution is -2.52. The first-order valence-corrected chi connectivity index (χ1v) is 10.3. The van der Waals surface area contributed by atoms with E-state index in [4.69, 9.17) is 4.74 Å². The third-order valence-corrected chi connectivity index (χ3v) is 6.43. The zero-order valence-electron chi connectivity index (χ0n) is 15.4. The highest BCUT2D eigenvalue weighted by molar-refractivity contribution is 7.08. The molecule has 1 saturated heterocycles. The normalized spacial score (nSPS) is 20.6. The number of hydrogen-bond donors (Lipinski definition) is 1. The third kappa shape index (κ3) is 3.58. The molecular formula is C21H24N2O3S. The molecule has 0 radical (unpaired) electrons. The summed E-state index contributed by atoms with van der Waals surface area (Å²) in [6, 6.07) is 9.91. The highest BCUT2D eigenvalue weighted by Crippen LogP contribution is 2.46. The summed E-state index contributed by atoms with van der Waals surface area (Å²) in [6.45, 7) is 1.37. The number of carbonyl (C=O) groups excluding carboxylic acids is 2. The number of amides is 2. The molecule has 1 spiro atoms. The first kappa shape index (κ1) is 18.0. The molecule has 1 aromatic carbocycles. The number of para-hydroxylation sites is 1. The smallest absolute Gasteiger partial charge is 0.254 e. The molecule has 2 aliphatic rings. The van der Waals surface area contributed by atoms with Gasteiger partial charge in [-0.3, -0.25) is 9.59 Å². The molecule has 0 bridgehead atoms. The van der Waals surface area contributed by atoms with E-state index < -0.39 is 0 Å². The van der Waals surface area contributed by atoms with Crippen LogP contribution in [0, 0.1) is 0 Å². The SMILES string of the molecule is CNC(=O)C[C@@H]1CC2(CCN(C(=O)c3ccsc3)CC2)Oc2ccccc21. The fourth-order valence-corrected chi connectivity index (χ4v) is 4.87. The minimum absolute atomic E-state index is 0.0527. The Labute approximate surface area is 163 Å². The largest absolute Gasteiger partial charge is 0.487 e. The Morgan fingerprint density at radius 2 is 2.04 bits per heavy atom. The predicted molar refractivity (Wildman–Crippen MR) is 105 cm³/mol. The summed E-state index contributed by atoms with van der Waals surface area (Å²) >= 11 is 1.54. The van der Waals surface area contributed by atoms with Crippen LogP contribution in [0.4, 0.5) is 0 Å². The molecule has 27 heavy (non-hydrogen) atoms. The zero-order chi connectivity index (χ0) is 18.9. The average molecular weight is 385 g/mol. The molecular weight excluding hydrogens is 360 g/mol. The minimum atomic E-state index is -0.293. The molecule has 1 N–H and O–H groups in total. The number of hydrogen-bond acceptors (Lipinski definition) is 4. The summed E-state index contributed by atoms with van der Waals surface area (Å²) < 4.78 is 6.46. The first-order valence-electron chi connectivity index (χ1n) is 9.40.